The molecule has 0 saturated carbocycles. The highest BCUT2D eigenvalue weighted by Gasteiger charge is 2.13. The van der Waals surface area contributed by atoms with E-state index in [1.165, 1.54) is 0 Å². The van der Waals surface area contributed by atoms with Crippen LogP contribution in [0, 0.1) is 0 Å². The lowest BCUT2D eigenvalue weighted by molar-refractivity contribution is 0.0441. The van der Waals surface area contributed by atoms with E-state index in [0.29, 0.717) is 0 Å². The van der Waals surface area contributed by atoms with E-state index in [-0.39, 0.29) is 5.60 Å². The molecule has 0 aliphatic rings. The van der Waals surface area contributed by atoms with Crippen LogP contribution in [0.3, 0.4) is 0 Å². The van der Waals surface area contributed by atoms with Crippen molar-refractivity contribution in [3.05, 3.63) is 0 Å². The van der Waals surface area contributed by atoms with E-state index in [1.807, 2.05) is 11.8 Å². The molecule has 0 heterocycles. The Morgan fingerprint density at radius 3 is 2.12 bits per heavy atom. The first kappa shape index (κ1) is 8.31. The van der Waals surface area contributed by atoms with Gasteiger partial charge in [-0.1, -0.05) is 0 Å². The van der Waals surface area contributed by atoms with Gasteiger partial charge in [-0.15, -0.1) is 0 Å². The van der Waals surface area contributed by atoms with Gasteiger partial charge in [0.25, 0.3) is 0 Å². The molecule has 0 N–H and O–H groups in total. The van der Waals surface area contributed by atoms with Crippen molar-refractivity contribution < 1.29 is 4.74 Å². The lowest BCUT2D eigenvalue weighted by atomic mass is 10.2. The standard InChI is InChI=1S/C6H14OS/c1-6(2,7-3)5-8-4/h5H2,1-4H3. The number of rotatable bonds is 3. The van der Waals surface area contributed by atoms with Crippen molar-refractivity contribution >= 4 is 11.8 Å². The Bertz CT molecular complexity index is 61.5. The van der Waals surface area contributed by atoms with Crippen molar-refractivity contribution in [3.8, 4) is 0 Å². The van der Waals surface area contributed by atoms with Crippen LogP contribution >= 0.6 is 11.8 Å². The normalized spacial score (nSPS) is 12.0. The molecule has 2 heteroatoms. The zero-order valence-electron chi connectivity index (χ0n) is 6.02. The van der Waals surface area contributed by atoms with Crippen LogP contribution in [-0.4, -0.2) is 24.7 Å². The molecule has 0 fully saturated rings. The fraction of sp³-hybridized carbons (Fsp3) is 1.00. The fourth-order valence-electron chi connectivity index (χ4n) is 0.407. The van der Waals surface area contributed by atoms with Crippen LogP contribution in [0.5, 0.6) is 0 Å². The van der Waals surface area contributed by atoms with E-state index in [1.54, 1.807) is 7.11 Å². The molecular weight excluding hydrogens is 120 g/mol. The lowest BCUT2D eigenvalue weighted by Crippen LogP contribution is -2.25. The molecule has 0 aliphatic carbocycles. The molecule has 1 nitrogen and oxygen atoms in total. The van der Waals surface area contributed by atoms with Crippen LogP contribution in [0.4, 0.5) is 0 Å². The Balaban J connectivity index is 3.37. The molecule has 0 radical (unpaired) electrons. The van der Waals surface area contributed by atoms with Crippen LogP contribution in [0.25, 0.3) is 0 Å². The quantitative estimate of drug-likeness (QED) is 0.582. The van der Waals surface area contributed by atoms with Gasteiger partial charge in [0.15, 0.2) is 0 Å². The first-order valence-corrected chi connectivity index (χ1v) is 4.06. The van der Waals surface area contributed by atoms with E-state index >= 15 is 0 Å². The first-order chi connectivity index (χ1) is 3.62. The summed E-state index contributed by atoms with van der Waals surface area (Å²) in [5, 5.41) is 0. The van der Waals surface area contributed by atoms with Crippen molar-refractivity contribution in [3.63, 3.8) is 0 Å². The Morgan fingerprint density at radius 2 is 2.00 bits per heavy atom. The van der Waals surface area contributed by atoms with Crippen molar-refractivity contribution in [2.75, 3.05) is 19.1 Å². The van der Waals surface area contributed by atoms with Crippen LogP contribution in [0.2, 0.25) is 0 Å². The topological polar surface area (TPSA) is 9.23 Å². The number of methoxy groups -OCH3 is 1. The molecule has 0 amide bonds. The summed E-state index contributed by atoms with van der Waals surface area (Å²) in [6.45, 7) is 4.17. The van der Waals surface area contributed by atoms with Gasteiger partial charge in [0, 0.05) is 12.9 Å². The maximum atomic E-state index is 5.16. The average molecular weight is 134 g/mol. The zero-order valence-corrected chi connectivity index (χ0v) is 6.84. The van der Waals surface area contributed by atoms with E-state index in [9.17, 15) is 0 Å². The summed E-state index contributed by atoms with van der Waals surface area (Å²) in [4.78, 5) is 0. The third-order valence-corrected chi connectivity index (χ3v) is 2.03. The Kier molecular flexibility index (Phi) is 3.49. The van der Waals surface area contributed by atoms with Crippen molar-refractivity contribution in [1.29, 1.82) is 0 Å². The van der Waals surface area contributed by atoms with Crippen molar-refractivity contribution in [2.24, 2.45) is 0 Å². The molecule has 0 unspecified atom stereocenters. The van der Waals surface area contributed by atoms with Crippen LogP contribution in [-0.2, 0) is 4.74 Å². The first-order valence-electron chi connectivity index (χ1n) is 2.66. The summed E-state index contributed by atoms with van der Waals surface area (Å²) in [7, 11) is 1.75. The molecule has 0 aliphatic heterocycles. The lowest BCUT2D eigenvalue weighted by Gasteiger charge is -2.20. The maximum absolute atomic E-state index is 5.16. The minimum atomic E-state index is 0.0550. The predicted octanol–water partition coefficient (Wildman–Crippen LogP) is 1.77. The van der Waals surface area contributed by atoms with E-state index < -0.39 is 0 Å². The maximum Gasteiger partial charge on any atom is 0.0712 e. The molecule has 8 heavy (non-hydrogen) atoms. The smallest absolute Gasteiger partial charge is 0.0712 e. The van der Waals surface area contributed by atoms with Gasteiger partial charge in [-0.2, -0.15) is 11.8 Å². The molecule has 0 rings (SSSR count). The summed E-state index contributed by atoms with van der Waals surface area (Å²) >= 11 is 1.81. The average Bonchev–Trinajstić information content (AvgIpc) is 1.67. The van der Waals surface area contributed by atoms with Gasteiger partial charge in [-0.3, -0.25) is 0 Å². The second-order valence-electron chi connectivity index (χ2n) is 2.40. The highest BCUT2D eigenvalue weighted by atomic mass is 32.2. The Morgan fingerprint density at radius 1 is 1.50 bits per heavy atom. The minimum Gasteiger partial charge on any atom is -0.378 e. The van der Waals surface area contributed by atoms with Crippen molar-refractivity contribution in [2.45, 2.75) is 19.4 Å². The van der Waals surface area contributed by atoms with Gasteiger partial charge in [0.1, 0.15) is 0 Å². The van der Waals surface area contributed by atoms with Crippen LogP contribution in [0.15, 0.2) is 0 Å². The number of hydrogen-bond donors (Lipinski definition) is 0. The molecule has 0 saturated heterocycles. The second-order valence-corrected chi connectivity index (χ2v) is 3.26. The van der Waals surface area contributed by atoms with Gasteiger partial charge < -0.3 is 4.74 Å². The highest BCUT2D eigenvalue weighted by Crippen LogP contribution is 2.12. The summed E-state index contributed by atoms with van der Waals surface area (Å²) in [6, 6.07) is 0. The number of hydrogen-bond acceptors (Lipinski definition) is 2. The minimum absolute atomic E-state index is 0.0550. The summed E-state index contributed by atoms with van der Waals surface area (Å²) in [6.07, 6.45) is 2.08. The summed E-state index contributed by atoms with van der Waals surface area (Å²) in [5.74, 6) is 1.06. The summed E-state index contributed by atoms with van der Waals surface area (Å²) < 4.78 is 5.16. The fourth-order valence-corrected chi connectivity index (χ4v) is 1.22. The predicted molar refractivity (Wildman–Crippen MR) is 39.5 cm³/mol. The molecule has 0 spiro atoms. The monoisotopic (exact) mass is 134 g/mol. The zero-order chi connectivity index (χ0) is 6.62. The molecule has 0 bridgehead atoms. The third-order valence-electron chi connectivity index (χ3n) is 1.04. The molecule has 0 aromatic carbocycles. The van der Waals surface area contributed by atoms with Crippen LogP contribution < -0.4 is 0 Å². The molecule has 0 aromatic rings. The highest BCUT2D eigenvalue weighted by molar-refractivity contribution is 7.98. The largest absolute Gasteiger partial charge is 0.378 e. The van der Waals surface area contributed by atoms with Gasteiger partial charge in [0.05, 0.1) is 5.60 Å². The van der Waals surface area contributed by atoms with Crippen molar-refractivity contribution in [1.82, 2.24) is 0 Å². The van der Waals surface area contributed by atoms with E-state index in [2.05, 4.69) is 20.1 Å². The SMILES string of the molecule is COC(C)(C)CSC. The van der Waals surface area contributed by atoms with E-state index in [4.69, 9.17) is 4.74 Å². The summed E-state index contributed by atoms with van der Waals surface area (Å²) in [5.41, 5.74) is 0.0550. The second kappa shape index (κ2) is 3.36. The third kappa shape index (κ3) is 3.33. The molecule has 0 aromatic heterocycles. The Labute approximate surface area is 55.8 Å². The molecule has 0 atom stereocenters. The van der Waals surface area contributed by atoms with Gasteiger partial charge >= 0.3 is 0 Å². The van der Waals surface area contributed by atoms with Gasteiger partial charge in [-0.05, 0) is 20.1 Å². The van der Waals surface area contributed by atoms with E-state index in [0.717, 1.165) is 5.75 Å². The Hall–Kier alpha value is 0.310. The molecular formula is C6H14OS. The van der Waals surface area contributed by atoms with Gasteiger partial charge in [0.2, 0.25) is 0 Å². The van der Waals surface area contributed by atoms with Gasteiger partial charge in [-0.25, -0.2) is 0 Å². The number of thioether (sulfide) groups is 1. The number of ether oxygens (including phenoxy) is 1. The van der Waals surface area contributed by atoms with Crippen LogP contribution in [0.1, 0.15) is 13.8 Å². The molecule has 50 valence electrons.